The van der Waals surface area contributed by atoms with Gasteiger partial charge in [-0.25, -0.2) is 0 Å². The zero-order chi connectivity index (χ0) is 17.9. The number of hydrogen-bond donors (Lipinski definition) is 0. The van der Waals surface area contributed by atoms with Gasteiger partial charge in [-0.2, -0.15) is 0 Å². The van der Waals surface area contributed by atoms with Crippen molar-refractivity contribution in [3.63, 3.8) is 0 Å². The first kappa shape index (κ1) is 56.3. The van der Waals surface area contributed by atoms with Gasteiger partial charge in [0.15, 0.2) is 0 Å². The standard InChI is InChI=1S/2Al.5O3Si.2Zn/c;;5*1-4(2)3;;/q2*+3;5*-2;2*+2. The van der Waals surface area contributed by atoms with Crippen molar-refractivity contribution in [1.29, 1.82) is 0 Å². The van der Waals surface area contributed by atoms with Gasteiger partial charge in [0.05, 0.1) is 0 Å². The van der Waals surface area contributed by atoms with Crippen LogP contribution in [0, 0.1) is 0 Å². The van der Waals surface area contributed by atoms with Crippen molar-refractivity contribution in [1.82, 2.24) is 0 Å². The topological polar surface area (TPSA) is 316 Å². The minimum absolute atomic E-state index is 0. The van der Waals surface area contributed by atoms with E-state index < -0.39 is 45.9 Å². The Morgan fingerprint density at radius 1 is 0.333 bits per heavy atom. The summed E-state index contributed by atoms with van der Waals surface area (Å²) in [6.45, 7) is 0. The Bertz CT molecular complexity index is 221. The van der Waals surface area contributed by atoms with Gasteiger partial charge in [-0.3, -0.25) is 0 Å². The molecule has 0 bridgehead atoms. The van der Waals surface area contributed by atoms with Gasteiger partial charge >= 0.3 is 73.7 Å². The van der Waals surface area contributed by atoms with Crippen LogP contribution >= 0.6 is 0 Å². The van der Waals surface area contributed by atoms with Gasteiger partial charge in [-0.15, -0.1) is 0 Å². The molecule has 24 heavy (non-hydrogen) atoms. The quantitative estimate of drug-likeness (QED) is 0.246. The van der Waals surface area contributed by atoms with Crippen LogP contribution in [0.1, 0.15) is 0 Å². The molecule has 0 fully saturated rings. The molecule has 0 aromatic heterocycles. The zero-order valence-electron chi connectivity index (χ0n) is 11.2. The largest absolute Gasteiger partial charge is 3.00 e. The summed E-state index contributed by atoms with van der Waals surface area (Å²) in [5.74, 6) is 0. The average molecular weight is 565 g/mol. The molecule has 0 rings (SSSR count). The van der Waals surface area contributed by atoms with Crippen LogP contribution in [0.2, 0.25) is 0 Å². The van der Waals surface area contributed by atoms with Gasteiger partial charge in [0.1, 0.15) is 0 Å². The Balaban J connectivity index is -0.0000000161. The predicted octanol–water partition coefficient (Wildman–Crippen LogP) is -15.2. The molecule has 0 heterocycles. The minimum Gasteiger partial charge on any atom is -0.672 e. The summed E-state index contributed by atoms with van der Waals surface area (Å²) >= 11 is 0. The molecule has 0 radical (unpaired) electrons. The fourth-order valence-electron chi connectivity index (χ4n) is 0. The van der Waals surface area contributed by atoms with E-state index in [1.807, 2.05) is 0 Å². The average Bonchev–Trinajstić information content (AvgIpc) is 1.94. The molecule has 0 unspecified atom stereocenters. The second-order valence-electron chi connectivity index (χ2n) is 1.25. The molecule has 15 nitrogen and oxygen atoms in total. The Hall–Kier alpha value is 0.396. The van der Waals surface area contributed by atoms with E-state index in [0.717, 1.165) is 0 Å². The summed E-state index contributed by atoms with van der Waals surface area (Å²) in [4.78, 5) is 85.2. The van der Waals surface area contributed by atoms with Crippen LogP contribution in [0.3, 0.4) is 0 Å². The van der Waals surface area contributed by atoms with Crippen LogP contribution in [-0.2, 0) is 61.3 Å². The van der Waals surface area contributed by atoms with Crippen molar-refractivity contribution < 1.29 is 109 Å². The summed E-state index contributed by atoms with van der Waals surface area (Å²) in [5, 5.41) is 0. The fraction of sp³-hybridized carbons (Fsp3) is 0. The predicted molar refractivity (Wildman–Crippen MR) is 43.7 cm³/mol. The van der Waals surface area contributed by atoms with E-state index in [0.29, 0.717) is 0 Å². The first-order valence-electron chi connectivity index (χ1n) is 3.06. The van der Waals surface area contributed by atoms with E-state index in [4.69, 9.17) is 70.3 Å². The third-order valence-electron chi connectivity index (χ3n) is 0. The Kier molecular flexibility index (Phi) is 116. The van der Waals surface area contributed by atoms with E-state index in [-0.39, 0.29) is 73.7 Å². The Labute approximate surface area is 188 Å². The molecule has 0 N–H and O–H groups in total. The SMILES string of the molecule is O=[Si]([O-])[O-].O=[Si]([O-])[O-].O=[Si]([O-])[O-].O=[Si]([O-])[O-].O=[Si]([O-])[O-].[Al+3].[Al+3].[Zn+2].[Zn+2]. The molecule has 120 valence electrons. The molecule has 0 saturated carbocycles. The molecule has 0 aliphatic rings. The van der Waals surface area contributed by atoms with Crippen molar-refractivity contribution in [3.8, 4) is 0 Å². The maximum absolute atomic E-state index is 8.52. The Morgan fingerprint density at radius 3 is 0.333 bits per heavy atom. The van der Waals surface area contributed by atoms with Crippen LogP contribution in [0.4, 0.5) is 0 Å². The summed E-state index contributed by atoms with van der Waals surface area (Å²) < 4.78 is 42.6. The van der Waals surface area contributed by atoms with Crippen LogP contribution < -0.4 is 48.0 Å². The minimum atomic E-state index is -3.63. The molecule has 0 spiro atoms. The number of rotatable bonds is 0. The smallest absolute Gasteiger partial charge is 0.672 e. The third kappa shape index (κ3) is 65300. The van der Waals surface area contributed by atoms with E-state index >= 15 is 0 Å². The van der Waals surface area contributed by atoms with Crippen molar-refractivity contribution in [2.75, 3.05) is 0 Å². The maximum Gasteiger partial charge on any atom is 3.00 e. The number of hydrogen-bond acceptors (Lipinski definition) is 15. The second kappa shape index (κ2) is 49.5. The summed E-state index contributed by atoms with van der Waals surface area (Å²) in [6, 6.07) is 0. The maximum atomic E-state index is 8.52. The van der Waals surface area contributed by atoms with Crippen LogP contribution in [0.25, 0.3) is 0 Å². The summed E-state index contributed by atoms with van der Waals surface area (Å²) in [7, 11) is -18.1. The van der Waals surface area contributed by atoms with Crippen LogP contribution in [-0.4, -0.2) is 80.6 Å². The monoisotopic (exact) mass is 562 g/mol. The molecule has 0 aromatic carbocycles. The molecule has 0 aliphatic heterocycles. The fourth-order valence-corrected chi connectivity index (χ4v) is 0. The molecule has 0 aromatic rings. The molecule has 0 saturated heterocycles. The van der Waals surface area contributed by atoms with Crippen molar-refractivity contribution >= 4 is 80.6 Å². The second-order valence-corrected chi connectivity index (χ2v) is 3.75. The molecule has 24 heteroatoms. The summed E-state index contributed by atoms with van der Waals surface area (Å²) in [6.07, 6.45) is 0. The van der Waals surface area contributed by atoms with Gasteiger partial charge in [0.2, 0.25) is 0 Å². The Morgan fingerprint density at radius 2 is 0.333 bits per heavy atom. The van der Waals surface area contributed by atoms with E-state index in [1.165, 1.54) is 0 Å². The van der Waals surface area contributed by atoms with E-state index in [2.05, 4.69) is 0 Å². The van der Waals surface area contributed by atoms with Crippen molar-refractivity contribution in [2.45, 2.75) is 0 Å². The molecular formula is Al2O15Si5Zn2. The van der Waals surface area contributed by atoms with Gasteiger partial charge in [0.25, 0.3) is 0 Å². The van der Waals surface area contributed by atoms with Crippen LogP contribution in [0.15, 0.2) is 0 Å². The molecule has 0 amide bonds. The first-order valence-corrected chi connectivity index (χ1v) is 9.19. The molecular weight excluding hydrogens is 565 g/mol. The zero-order valence-corrected chi connectivity index (χ0v) is 24.4. The van der Waals surface area contributed by atoms with Crippen molar-refractivity contribution in [2.24, 2.45) is 0 Å². The van der Waals surface area contributed by atoms with Gasteiger partial charge in [0, 0.05) is 45.9 Å². The van der Waals surface area contributed by atoms with Crippen molar-refractivity contribution in [3.05, 3.63) is 0 Å². The third-order valence-corrected chi connectivity index (χ3v) is 0. The first-order chi connectivity index (χ1) is 8.66. The van der Waals surface area contributed by atoms with E-state index in [1.54, 1.807) is 0 Å². The molecule has 0 atom stereocenters. The van der Waals surface area contributed by atoms with Gasteiger partial charge < -0.3 is 70.3 Å². The van der Waals surface area contributed by atoms with E-state index in [9.17, 15) is 0 Å². The normalized spacial score (nSPS) is 5.00. The van der Waals surface area contributed by atoms with Gasteiger partial charge in [-0.1, -0.05) is 0 Å². The molecule has 0 aliphatic carbocycles. The van der Waals surface area contributed by atoms with Crippen LogP contribution in [0.5, 0.6) is 0 Å². The summed E-state index contributed by atoms with van der Waals surface area (Å²) in [5.41, 5.74) is 0. The van der Waals surface area contributed by atoms with Gasteiger partial charge in [-0.05, 0) is 0 Å².